The third-order valence-electron chi connectivity index (χ3n) is 3.50. The maximum atomic E-state index is 9.52. The predicted molar refractivity (Wildman–Crippen MR) is 69.8 cm³/mol. The third kappa shape index (κ3) is 1.96. The molecule has 0 amide bonds. The van der Waals surface area contributed by atoms with Crippen LogP contribution in [0.1, 0.15) is 6.42 Å². The first kappa shape index (κ1) is 11.5. The number of ether oxygens (including phenoxy) is 2. The van der Waals surface area contributed by atoms with Crippen LogP contribution >= 0.6 is 0 Å². The van der Waals surface area contributed by atoms with Crippen LogP contribution in [-0.2, 0) is 4.74 Å². The monoisotopic (exact) mass is 244 g/mol. The average Bonchev–Trinajstić information content (AvgIpc) is 2.38. The number of hydrogen-bond donors (Lipinski definition) is 1. The van der Waals surface area contributed by atoms with Gasteiger partial charge < -0.3 is 14.6 Å². The van der Waals surface area contributed by atoms with Crippen LogP contribution in [0.2, 0.25) is 0 Å². The van der Waals surface area contributed by atoms with Crippen LogP contribution in [0.15, 0.2) is 42.5 Å². The van der Waals surface area contributed by atoms with Gasteiger partial charge >= 0.3 is 0 Å². The molecule has 1 saturated carbocycles. The molecule has 1 N–H and O–H groups in total. The van der Waals surface area contributed by atoms with E-state index >= 15 is 0 Å². The minimum absolute atomic E-state index is 0.0498. The Hall–Kier alpha value is -1.58. The van der Waals surface area contributed by atoms with Gasteiger partial charge in [0.1, 0.15) is 18.0 Å². The standard InChI is InChI=1S/C15H16O3/c1-17-15-13(16)9-14(15)18-12-7-6-10-4-2-3-5-11(10)8-12/h2-8,13-16H,9H2,1H3. The van der Waals surface area contributed by atoms with Crippen molar-refractivity contribution >= 4 is 10.8 Å². The molecule has 1 aliphatic rings. The Labute approximate surface area is 106 Å². The zero-order chi connectivity index (χ0) is 12.5. The molecule has 3 heteroatoms. The van der Waals surface area contributed by atoms with Crippen LogP contribution in [0.3, 0.4) is 0 Å². The highest BCUT2D eigenvalue weighted by Crippen LogP contribution is 2.30. The fourth-order valence-corrected chi connectivity index (χ4v) is 2.40. The van der Waals surface area contributed by atoms with Crippen molar-refractivity contribution in [3.05, 3.63) is 42.5 Å². The number of aliphatic hydroxyl groups is 1. The fourth-order valence-electron chi connectivity index (χ4n) is 2.40. The minimum Gasteiger partial charge on any atom is -0.487 e. The van der Waals surface area contributed by atoms with Crippen molar-refractivity contribution in [2.45, 2.75) is 24.7 Å². The summed E-state index contributed by atoms with van der Waals surface area (Å²) in [6, 6.07) is 14.2. The molecule has 94 valence electrons. The Kier molecular flexibility index (Phi) is 2.94. The molecule has 3 rings (SSSR count). The first-order valence-electron chi connectivity index (χ1n) is 6.14. The Balaban J connectivity index is 1.79. The quantitative estimate of drug-likeness (QED) is 0.900. The Morgan fingerprint density at radius 3 is 2.61 bits per heavy atom. The highest BCUT2D eigenvalue weighted by atomic mass is 16.6. The van der Waals surface area contributed by atoms with Crippen LogP contribution in [-0.4, -0.2) is 30.5 Å². The number of benzene rings is 2. The minimum atomic E-state index is -0.402. The van der Waals surface area contributed by atoms with Gasteiger partial charge in [0.2, 0.25) is 0 Å². The molecule has 2 aromatic carbocycles. The number of methoxy groups -OCH3 is 1. The lowest BCUT2D eigenvalue weighted by molar-refractivity contribution is -0.149. The van der Waals surface area contributed by atoms with Crippen molar-refractivity contribution < 1.29 is 14.6 Å². The van der Waals surface area contributed by atoms with Crippen molar-refractivity contribution in [1.82, 2.24) is 0 Å². The predicted octanol–water partition coefficient (Wildman–Crippen LogP) is 2.37. The van der Waals surface area contributed by atoms with Crippen molar-refractivity contribution in [2.24, 2.45) is 0 Å². The van der Waals surface area contributed by atoms with Gasteiger partial charge in [-0.2, -0.15) is 0 Å². The van der Waals surface area contributed by atoms with Crippen molar-refractivity contribution in [3.8, 4) is 5.75 Å². The van der Waals surface area contributed by atoms with Crippen LogP contribution in [0.4, 0.5) is 0 Å². The summed E-state index contributed by atoms with van der Waals surface area (Å²) in [7, 11) is 1.60. The van der Waals surface area contributed by atoms with E-state index in [1.807, 2.05) is 30.3 Å². The van der Waals surface area contributed by atoms with Gasteiger partial charge in [0.05, 0.1) is 6.10 Å². The molecular weight excluding hydrogens is 228 g/mol. The van der Waals surface area contributed by atoms with Crippen LogP contribution in [0.25, 0.3) is 10.8 Å². The van der Waals surface area contributed by atoms with E-state index in [0.717, 1.165) is 11.1 Å². The van der Waals surface area contributed by atoms with E-state index in [1.165, 1.54) is 5.39 Å². The van der Waals surface area contributed by atoms with Gasteiger partial charge in [0, 0.05) is 13.5 Å². The van der Waals surface area contributed by atoms with Gasteiger partial charge in [-0.3, -0.25) is 0 Å². The number of fused-ring (bicyclic) bond motifs is 1. The first-order chi connectivity index (χ1) is 8.78. The molecule has 0 bridgehead atoms. The maximum absolute atomic E-state index is 9.52. The fraction of sp³-hybridized carbons (Fsp3) is 0.333. The van der Waals surface area contributed by atoms with E-state index in [4.69, 9.17) is 9.47 Å². The normalized spacial score (nSPS) is 26.9. The highest BCUT2D eigenvalue weighted by Gasteiger charge is 2.42. The van der Waals surface area contributed by atoms with E-state index in [1.54, 1.807) is 7.11 Å². The third-order valence-corrected chi connectivity index (χ3v) is 3.50. The first-order valence-corrected chi connectivity index (χ1v) is 6.14. The lowest BCUT2D eigenvalue weighted by Crippen LogP contribution is -2.54. The molecule has 0 saturated heterocycles. The second kappa shape index (κ2) is 4.59. The molecule has 18 heavy (non-hydrogen) atoms. The number of hydrogen-bond acceptors (Lipinski definition) is 3. The Morgan fingerprint density at radius 2 is 1.89 bits per heavy atom. The summed E-state index contributed by atoms with van der Waals surface area (Å²) in [5, 5.41) is 11.9. The molecule has 3 nitrogen and oxygen atoms in total. The molecule has 3 atom stereocenters. The van der Waals surface area contributed by atoms with Gasteiger partial charge in [-0.25, -0.2) is 0 Å². The van der Waals surface area contributed by atoms with Gasteiger partial charge in [-0.05, 0) is 22.9 Å². The summed E-state index contributed by atoms with van der Waals surface area (Å²) in [6.07, 6.45) is -0.0335. The molecule has 3 unspecified atom stereocenters. The molecule has 1 fully saturated rings. The van der Waals surface area contributed by atoms with E-state index in [9.17, 15) is 5.11 Å². The maximum Gasteiger partial charge on any atom is 0.130 e. The second-order valence-corrected chi connectivity index (χ2v) is 4.67. The zero-order valence-electron chi connectivity index (χ0n) is 10.2. The van der Waals surface area contributed by atoms with Crippen LogP contribution < -0.4 is 4.74 Å². The average molecular weight is 244 g/mol. The van der Waals surface area contributed by atoms with Gasteiger partial charge in [-0.15, -0.1) is 0 Å². The Morgan fingerprint density at radius 1 is 1.11 bits per heavy atom. The summed E-state index contributed by atoms with van der Waals surface area (Å²) in [4.78, 5) is 0. The lowest BCUT2D eigenvalue weighted by Gasteiger charge is -2.40. The van der Waals surface area contributed by atoms with Gasteiger partial charge in [0.15, 0.2) is 0 Å². The molecule has 0 aromatic heterocycles. The van der Waals surface area contributed by atoms with Crippen LogP contribution in [0.5, 0.6) is 5.75 Å². The summed E-state index contributed by atoms with van der Waals surface area (Å²) >= 11 is 0. The molecular formula is C15H16O3. The molecule has 2 aromatic rings. The molecule has 0 heterocycles. The summed E-state index contributed by atoms with van der Waals surface area (Å²) < 4.78 is 11.0. The van der Waals surface area contributed by atoms with E-state index in [-0.39, 0.29) is 12.2 Å². The van der Waals surface area contributed by atoms with E-state index in [2.05, 4.69) is 12.1 Å². The summed E-state index contributed by atoms with van der Waals surface area (Å²) in [5.74, 6) is 0.827. The van der Waals surface area contributed by atoms with Crippen LogP contribution in [0, 0.1) is 0 Å². The summed E-state index contributed by atoms with van der Waals surface area (Å²) in [5.41, 5.74) is 0. The smallest absolute Gasteiger partial charge is 0.130 e. The zero-order valence-corrected chi connectivity index (χ0v) is 10.2. The van der Waals surface area contributed by atoms with E-state index in [0.29, 0.717) is 6.42 Å². The van der Waals surface area contributed by atoms with E-state index < -0.39 is 6.10 Å². The largest absolute Gasteiger partial charge is 0.487 e. The highest BCUT2D eigenvalue weighted by molar-refractivity contribution is 5.83. The topological polar surface area (TPSA) is 38.7 Å². The van der Waals surface area contributed by atoms with Crippen molar-refractivity contribution in [3.63, 3.8) is 0 Å². The number of rotatable bonds is 3. The van der Waals surface area contributed by atoms with Crippen molar-refractivity contribution in [1.29, 1.82) is 0 Å². The van der Waals surface area contributed by atoms with Gasteiger partial charge in [0.25, 0.3) is 0 Å². The second-order valence-electron chi connectivity index (χ2n) is 4.67. The summed E-state index contributed by atoms with van der Waals surface area (Å²) in [6.45, 7) is 0. The van der Waals surface area contributed by atoms with Crippen molar-refractivity contribution in [2.75, 3.05) is 7.11 Å². The molecule has 0 radical (unpaired) electrons. The Bertz CT molecular complexity index is 552. The molecule has 1 aliphatic carbocycles. The SMILES string of the molecule is COC1C(O)CC1Oc1ccc2ccccc2c1. The lowest BCUT2D eigenvalue weighted by atomic mass is 9.88. The molecule has 0 spiro atoms. The number of aliphatic hydroxyl groups excluding tert-OH is 1. The molecule has 0 aliphatic heterocycles. The van der Waals surface area contributed by atoms with Gasteiger partial charge in [-0.1, -0.05) is 30.3 Å².